The van der Waals surface area contributed by atoms with Crippen LogP contribution in [0.4, 0.5) is 0 Å². The molecule has 26 heavy (non-hydrogen) atoms. The number of rotatable bonds is 4. The van der Waals surface area contributed by atoms with E-state index >= 15 is 0 Å². The van der Waals surface area contributed by atoms with Crippen LogP contribution in [0.15, 0.2) is 67.0 Å². The number of carbonyl (C=O) groups excluding carboxylic acids is 1. The Labute approximate surface area is 151 Å². The van der Waals surface area contributed by atoms with Gasteiger partial charge in [-0.25, -0.2) is 0 Å². The Balaban J connectivity index is 1.58. The first-order valence-electron chi connectivity index (χ1n) is 8.52. The fraction of sp³-hybridized carbons (Fsp3) is 0.143. The normalized spacial score (nSPS) is 13.1. The maximum atomic E-state index is 12.7. The first-order valence-corrected chi connectivity index (χ1v) is 8.52. The van der Waals surface area contributed by atoms with Crippen molar-refractivity contribution in [3.63, 3.8) is 0 Å². The van der Waals surface area contributed by atoms with Crippen LogP contribution in [0.5, 0.6) is 5.75 Å². The number of aromatic nitrogens is 1. The smallest absolute Gasteiger partial charge is 0.251 e. The minimum atomic E-state index is -0.220. The third-order valence-corrected chi connectivity index (χ3v) is 4.57. The van der Waals surface area contributed by atoms with Gasteiger partial charge in [0.05, 0.1) is 12.2 Å². The van der Waals surface area contributed by atoms with Crippen molar-refractivity contribution in [3.8, 4) is 16.9 Å². The van der Waals surface area contributed by atoms with Gasteiger partial charge in [-0.3, -0.25) is 9.78 Å². The Hall–Kier alpha value is -3.18. The number of fused-ring (bicyclic) bond motifs is 3. The van der Waals surface area contributed by atoms with E-state index in [9.17, 15) is 4.79 Å². The van der Waals surface area contributed by atoms with E-state index < -0.39 is 0 Å². The van der Waals surface area contributed by atoms with Gasteiger partial charge in [0, 0.05) is 23.9 Å². The quantitative estimate of drug-likeness (QED) is 0.762. The first-order chi connectivity index (χ1) is 12.8. The Morgan fingerprint density at radius 1 is 1.15 bits per heavy atom. The average molecular weight is 345 g/mol. The van der Waals surface area contributed by atoms with Crippen molar-refractivity contribution in [2.75, 3.05) is 6.54 Å². The molecule has 3 aromatic rings. The molecule has 130 valence electrons. The highest BCUT2D eigenvalue weighted by Gasteiger charge is 2.20. The molecule has 5 heteroatoms. The van der Waals surface area contributed by atoms with E-state index in [-0.39, 0.29) is 11.9 Å². The molecule has 0 fully saturated rings. The number of nitrogens with two attached hydrogens (primary N) is 1. The van der Waals surface area contributed by atoms with Gasteiger partial charge in [0.15, 0.2) is 0 Å². The molecule has 1 amide bonds. The number of nitrogens with one attached hydrogen (secondary N) is 1. The van der Waals surface area contributed by atoms with E-state index in [4.69, 9.17) is 10.5 Å². The number of nitrogens with zero attached hydrogens (tertiary/aromatic N) is 1. The van der Waals surface area contributed by atoms with Gasteiger partial charge >= 0.3 is 0 Å². The van der Waals surface area contributed by atoms with Crippen molar-refractivity contribution >= 4 is 5.91 Å². The molecule has 0 spiro atoms. The van der Waals surface area contributed by atoms with Crippen molar-refractivity contribution in [2.45, 2.75) is 12.6 Å². The summed E-state index contributed by atoms with van der Waals surface area (Å²) in [5.41, 5.74) is 10.5. The lowest BCUT2D eigenvalue weighted by Crippen LogP contribution is -2.33. The molecule has 0 saturated heterocycles. The number of pyridine rings is 1. The molecule has 1 aliphatic heterocycles. The number of hydrogen-bond acceptors (Lipinski definition) is 4. The SMILES string of the molecule is NCC(NC(=O)c1ccc2c(c1)COc1cnccc1-2)c1ccccc1. The molecular formula is C21H19N3O2. The third kappa shape index (κ3) is 3.05. The van der Waals surface area contributed by atoms with E-state index in [1.165, 1.54) is 0 Å². The van der Waals surface area contributed by atoms with E-state index in [0.717, 1.165) is 28.0 Å². The number of carbonyl (C=O) groups is 1. The van der Waals surface area contributed by atoms with E-state index in [2.05, 4.69) is 10.3 Å². The highest BCUT2D eigenvalue weighted by molar-refractivity contribution is 5.95. The van der Waals surface area contributed by atoms with Gasteiger partial charge in [-0.15, -0.1) is 0 Å². The Kier molecular flexibility index (Phi) is 4.37. The molecule has 1 unspecified atom stereocenters. The standard InChI is InChI=1S/C21H19N3O2/c22-11-19(14-4-2-1-3-5-14)24-21(25)15-6-7-17-16(10-15)13-26-20-12-23-9-8-18(17)20/h1-10,12,19H,11,13,22H2,(H,24,25). The molecule has 0 radical (unpaired) electrons. The van der Waals surface area contributed by atoms with E-state index in [0.29, 0.717) is 18.7 Å². The van der Waals surface area contributed by atoms with E-state index in [1.54, 1.807) is 12.4 Å². The van der Waals surface area contributed by atoms with Gasteiger partial charge in [-0.2, -0.15) is 0 Å². The highest BCUT2D eigenvalue weighted by atomic mass is 16.5. The number of hydrogen-bond donors (Lipinski definition) is 2. The summed E-state index contributed by atoms with van der Waals surface area (Å²) in [5.74, 6) is 0.622. The van der Waals surface area contributed by atoms with Crippen LogP contribution in [0.2, 0.25) is 0 Å². The zero-order valence-electron chi connectivity index (χ0n) is 14.2. The predicted molar refractivity (Wildman–Crippen MR) is 99.7 cm³/mol. The summed E-state index contributed by atoms with van der Waals surface area (Å²) in [6.45, 7) is 0.762. The summed E-state index contributed by atoms with van der Waals surface area (Å²) >= 11 is 0. The lowest BCUT2D eigenvalue weighted by molar-refractivity contribution is 0.0937. The third-order valence-electron chi connectivity index (χ3n) is 4.57. The summed E-state index contributed by atoms with van der Waals surface area (Å²) in [5, 5.41) is 3.01. The fourth-order valence-corrected chi connectivity index (χ4v) is 3.20. The monoisotopic (exact) mass is 345 g/mol. The number of benzene rings is 2. The molecule has 1 aromatic heterocycles. The van der Waals surface area contributed by atoms with Gasteiger partial charge < -0.3 is 15.8 Å². The van der Waals surface area contributed by atoms with Gasteiger partial charge in [0.2, 0.25) is 0 Å². The summed E-state index contributed by atoms with van der Waals surface area (Å²) in [6.07, 6.45) is 3.45. The Morgan fingerprint density at radius 2 is 2.00 bits per heavy atom. The topological polar surface area (TPSA) is 77.2 Å². The zero-order chi connectivity index (χ0) is 17.9. The molecule has 0 bridgehead atoms. The van der Waals surface area contributed by atoms with Crippen LogP contribution in [-0.4, -0.2) is 17.4 Å². The molecule has 2 aromatic carbocycles. The summed E-state index contributed by atoms with van der Waals surface area (Å²) in [7, 11) is 0. The second kappa shape index (κ2) is 6.98. The van der Waals surface area contributed by atoms with Crippen LogP contribution in [0.3, 0.4) is 0 Å². The first kappa shape index (κ1) is 16.3. The molecule has 5 nitrogen and oxygen atoms in total. The van der Waals surface area contributed by atoms with Crippen LogP contribution < -0.4 is 15.8 Å². The van der Waals surface area contributed by atoms with Crippen LogP contribution in [0, 0.1) is 0 Å². The van der Waals surface area contributed by atoms with Crippen molar-refractivity contribution in [1.29, 1.82) is 0 Å². The average Bonchev–Trinajstić information content (AvgIpc) is 2.72. The summed E-state index contributed by atoms with van der Waals surface area (Å²) in [4.78, 5) is 16.8. The lowest BCUT2D eigenvalue weighted by atomic mass is 9.96. The molecule has 1 atom stereocenters. The van der Waals surface area contributed by atoms with E-state index in [1.807, 2.05) is 54.6 Å². The molecule has 1 aliphatic rings. The summed E-state index contributed by atoms with van der Waals surface area (Å²) < 4.78 is 5.74. The van der Waals surface area contributed by atoms with Crippen LogP contribution in [0.25, 0.3) is 11.1 Å². The molecule has 4 rings (SSSR count). The maximum absolute atomic E-state index is 12.7. The van der Waals surface area contributed by atoms with Crippen molar-refractivity contribution in [3.05, 3.63) is 83.7 Å². The minimum Gasteiger partial charge on any atom is -0.487 e. The predicted octanol–water partition coefficient (Wildman–Crippen LogP) is 3.07. The van der Waals surface area contributed by atoms with Gasteiger partial charge in [-0.05, 0) is 34.9 Å². The zero-order valence-corrected chi connectivity index (χ0v) is 14.2. The molecule has 0 aliphatic carbocycles. The number of amides is 1. The maximum Gasteiger partial charge on any atom is 0.251 e. The molecule has 3 N–H and O–H groups in total. The largest absolute Gasteiger partial charge is 0.487 e. The molecule has 2 heterocycles. The fourth-order valence-electron chi connectivity index (χ4n) is 3.20. The second-order valence-electron chi connectivity index (χ2n) is 6.20. The summed E-state index contributed by atoms with van der Waals surface area (Å²) in [6, 6.07) is 17.1. The van der Waals surface area contributed by atoms with Gasteiger partial charge in [-0.1, -0.05) is 36.4 Å². The van der Waals surface area contributed by atoms with Crippen LogP contribution in [-0.2, 0) is 6.61 Å². The Bertz CT molecular complexity index is 941. The second-order valence-corrected chi connectivity index (χ2v) is 6.20. The molecular weight excluding hydrogens is 326 g/mol. The Morgan fingerprint density at radius 3 is 2.81 bits per heavy atom. The number of ether oxygens (including phenoxy) is 1. The minimum absolute atomic E-state index is 0.146. The van der Waals surface area contributed by atoms with Crippen molar-refractivity contribution in [2.24, 2.45) is 5.73 Å². The lowest BCUT2D eigenvalue weighted by Gasteiger charge is -2.21. The van der Waals surface area contributed by atoms with Crippen molar-refractivity contribution < 1.29 is 9.53 Å². The molecule has 0 saturated carbocycles. The van der Waals surface area contributed by atoms with Crippen LogP contribution >= 0.6 is 0 Å². The van der Waals surface area contributed by atoms with Crippen molar-refractivity contribution in [1.82, 2.24) is 10.3 Å². The highest BCUT2D eigenvalue weighted by Crippen LogP contribution is 2.36. The van der Waals surface area contributed by atoms with Gasteiger partial charge in [0.1, 0.15) is 12.4 Å². The van der Waals surface area contributed by atoms with Crippen LogP contribution in [0.1, 0.15) is 27.5 Å². The van der Waals surface area contributed by atoms with Gasteiger partial charge in [0.25, 0.3) is 5.91 Å².